The molecule has 5 heteroatoms. The van der Waals surface area contributed by atoms with E-state index in [-0.39, 0.29) is 12.2 Å². The largest absolute Gasteiger partial charge is 0.488 e. The van der Waals surface area contributed by atoms with Crippen LogP contribution in [0.3, 0.4) is 0 Å². The Morgan fingerprint density at radius 2 is 2.00 bits per heavy atom. The van der Waals surface area contributed by atoms with Crippen molar-refractivity contribution in [3.63, 3.8) is 0 Å². The fourth-order valence-corrected chi connectivity index (χ4v) is 2.18. The highest BCUT2D eigenvalue weighted by Crippen LogP contribution is 2.27. The lowest BCUT2D eigenvalue weighted by molar-refractivity contribution is 0.0691. The fourth-order valence-electron chi connectivity index (χ4n) is 1.82. The Kier molecular flexibility index (Phi) is 4.53. The van der Waals surface area contributed by atoms with Gasteiger partial charge in [0.05, 0.1) is 0 Å². The molecule has 104 valence electrons. The molecule has 0 fully saturated rings. The van der Waals surface area contributed by atoms with Gasteiger partial charge in [-0.1, -0.05) is 35.3 Å². The van der Waals surface area contributed by atoms with Gasteiger partial charge >= 0.3 is 5.97 Å². The second kappa shape index (κ2) is 6.16. The number of ether oxygens (including phenoxy) is 1. The fraction of sp³-hybridized carbons (Fsp3) is 0.133. The van der Waals surface area contributed by atoms with Crippen molar-refractivity contribution < 1.29 is 14.6 Å². The molecular weight excluding hydrogens is 299 g/mol. The number of hydrogen-bond donors (Lipinski definition) is 1. The molecule has 0 bridgehead atoms. The van der Waals surface area contributed by atoms with E-state index in [9.17, 15) is 4.79 Å². The zero-order valence-corrected chi connectivity index (χ0v) is 12.2. The summed E-state index contributed by atoms with van der Waals surface area (Å²) < 4.78 is 5.63. The first kappa shape index (κ1) is 14.7. The minimum Gasteiger partial charge on any atom is -0.488 e. The van der Waals surface area contributed by atoms with E-state index in [0.29, 0.717) is 21.4 Å². The molecular formula is C15H12Cl2O3. The number of benzene rings is 2. The van der Waals surface area contributed by atoms with E-state index in [1.165, 1.54) is 6.07 Å². The zero-order valence-electron chi connectivity index (χ0n) is 10.7. The lowest BCUT2D eigenvalue weighted by Gasteiger charge is -2.13. The molecule has 0 aliphatic rings. The van der Waals surface area contributed by atoms with Crippen molar-refractivity contribution in [1.29, 1.82) is 0 Å². The normalized spacial score (nSPS) is 10.3. The van der Waals surface area contributed by atoms with E-state index in [1.54, 1.807) is 37.3 Å². The lowest BCUT2D eigenvalue weighted by atomic mass is 10.1. The molecule has 0 radical (unpaired) electrons. The summed E-state index contributed by atoms with van der Waals surface area (Å²) in [5, 5.41) is 10.2. The summed E-state index contributed by atoms with van der Waals surface area (Å²) in [6.07, 6.45) is 0. The van der Waals surface area contributed by atoms with Gasteiger partial charge in [-0.3, -0.25) is 0 Å². The predicted molar refractivity (Wildman–Crippen MR) is 78.9 cm³/mol. The standard InChI is InChI=1S/C15H12Cl2O3/c1-9-3-2-4-12(15(18)19)14(9)20-8-10-7-11(16)5-6-13(10)17/h2-7H,8H2,1H3,(H,18,19). The molecule has 20 heavy (non-hydrogen) atoms. The topological polar surface area (TPSA) is 46.5 Å². The van der Waals surface area contributed by atoms with Crippen molar-refractivity contribution in [2.45, 2.75) is 13.5 Å². The van der Waals surface area contributed by atoms with E-state index >= 15 is 0 Å². The molecule has 0 aliphatic heterocycles. The number of hydrogen-bond acceptors (Lipinski definition) is 2. The average molecular weight is 311 g/mol. The molecule has 2 rings (SSSR count). The first-order chi connectivity index (χ1) is 9.49. The number of halogens is 2. The number of carboxylic acid groups (broad SMARTS) is 1. The van der Waals surface area contributed by atoms with Gasteiger partial charge in [0, 0.05) is 15.6 Å². The average Bonchev–Trinajstić information content (AvgIpc) is 2.40. The zero-order chi connectivity index (χ0) is 14.7. The van der Waals surface area contributed by atoms with E-state index < -0.39 is 5.97 Å². The molecule has 3 nitrogen and oxygen atoms in total. The highest BCUT2D eigenvalue weighted by molar-refractivity contribution is 6.33. The van der Waals surface area contributed by atoms with Gasteiger partial charge in [-0.05, 0) is 36.8 Å². The Bertz CT molecular complexity index is 654. The SMILES string of the molecule is Cc1cccc(C(=O)O)c1OCc1cc(Cl)ccc1Cl. The minimum atomic E-state index is -1.03. The molecule has 0 saturated carbocycles. The lowest BCUT2D eigenvalue weighted by Crippen LogP contribution is -2.05. The van der Waals surface area contributed by atoms with Crippen LogP contribution in [0, 0.1) is 6.92 Å². The van der Waals surface area contributed by atoms with Crippen LogP contribution in [0.25, 0.3) is 0 Å². The summed E-state index contributed by atoms with van der Waals surface area (Å²) in [5.41, 5.74) is 1.59. The molecule has 0 unspecified atom stereocenters. The third kappa shape index (κ3) is 3.24. The molecule has 2 aromatic rings. The number of aryl methyl sites for hydroxylation is 1. The quantitative estimate of drug-likeness (QED) is 0.899. The smallest absolute Gasteiger partial charge is 0.339 e. The van der Waals surface area contributed by atoms with Crippen molar-refractivity contribution in [3.8, 4) is 5.75 Å². The third-order valence-electron chi connectivity index (χ3n) is 2.82. The highest BCUT2D eigenvalue weighted by Gasteiger charge is 2.14. The van der Waals surface area contributed by atoms with Crippen molar-refractivity contribution >= 4 is 29.2 Å². The number of rotatable bonds is 4. The molecule has 0 amide bonds. The molecule has 0 atom stereocenters. The highest BCUT2D eigenvalue weighted by atomic mass is 35.5. The van der Waals surface area contributed by atoms with E-state index in [1.807, 2.05) is 0 Å². The Balaban J connectivity index is 2.27. The van der Waals surface area contributed by atoms with Crippen LogP contribution in [0.15, 0.2) is 36.4 Å². The van der Waals surface area contributed by atoms with Gasteiger partial charge in [-0.25, -0.2) is 4.79 Å². The Morgan fingerprint density at radius 1 is 1.25 bits per heavy atom. The van der Waals surface area contributed by atoms with Crippen molar-refractivity contribution in [2.24, 2.45) is 0 Å². The first-order valence-electron chi connectivity index (χ1n) is 5.88. The second-order valence-electron chi connectivity index (χ2n) is 4.28. The van der Waals surface area contributed by atoms with Crippen LogP contribution in [0.1, 0.15) is 21.5 Å². The van der Waals surface area contributed by atoms with E-state index in [4.69, 9.17) is 33.0 Å². The van der Waals surface area contributed by atoms with Crippen LogP contribution in [0.5, 0.6) is 5.75 Å². The molecule has 0 aliphatic carbocycles. The van der Waals surface area contributed by atoms with Gasteiger partial charge in [0.2, 0.25) is 0 Å². The monoisotopic (exact) mass is 310 g/mol. The van der Waals surface area contributed by atoms with Crippen LogP contribution in [0.2, 0.25) is 10.0 Å². The number of carbonyl (C=O) groups is 1. The van der Waals surface area contributed by atoms with Gasteiger partial charge in [-0.15, -0.1) is 0 Å². The summed E-state index contributed by atoms with van der Waals surface area (Å²) >= 11 is 12.0. The maximum Gasteiger partial charge on any atom is 0.339 e. The summed E-state index contributed by atoms with van der Waals surface area (Å²) in [5.74, 6) is -0.683. The van der Waals surface area contributed by atoms with Gasteiger partial charge in [0.1, 0.15) is 17.9 Å². The van der Waals surface area contributed by atoms with Crippen molar-refractivity contribution in [3.05, 3.63) is 63.1 Å². The van der Waals surface area contributed by atoms with Crippen molar-refractivity contribution in [2.75, 3.05) is 0 Å². The Hall–Kier alpha value is -1.71. The van der Waals surface area contributed by atoms with Gasteiger partial charge < -0.3 is 9.84 Å². The van der Waals surface area contributed by atoms with Crippen LogP contribution in [0.4, 0.5) is 0 Å². The minimum absolute atomic E-state index is 0.128. The molecule has 0 saturated heterocycles. The van der Waals surface area contributed by atoms with Gasteiger partial charge in [0.25, 0.3) is 0 Å². The molecule has 0 heterocycles. The second-order valence-corrected chi connectivity index (χ2v) is 5.12. The maximum atomic E-state index is 11.2. The third-order valence-corrected chi connectivity index (χ3v) is 3.43. The first-order valence-corrected chi connectivity index (χ1v) is 6.64. The number of para-hydroxylation sites is 1. The van der Waals surface area contributed by atoms with E-state index in [2.05, 4.69) is 0 Å². The summed E-state index contributed by atoms with van der Waals surface area (Å²) in [6, 6.07) is 10.0. The van der Waals surface area contributed by atoms with Crippen LogP contribution in [-0.4, -0.2) is 11.1 Å². The maximum absolute atomic E-state index is 11.2. The summed E-state index contributed by atoms with van der Waals surface area (Å²) in [7, 11) is 0. The molecule has 2 aromatic carbocycles. The van der Waals surface area contributed by atoms with Gasteiger partial charge in [0.15, 0.2) is 0 Å². The van der Waals surface area contributed by atoms with E-state index in [0.717, 1.165) is 5.56 Å². The summed E-state index contributed by atoms with van der Waals surface area (Å²) in [4.78, 5) is 11.2. The van der Waals surface area contributed by atoms with Gasteiger partial charge in [-0.2, -0.15) is 0 Å². The van der Waals surface area contributed by atoms with Crippen LogP contribution in [-0.2, 0) is 6.61 Å². The van der Waals surface area contributed by atoms with Crippen molar-refractivity contribution in [1.82, 2.24) is 0 Å². The number of carboxylic acids is 1. The van der Waals surface area contributed by atoms with Crippen LogP contribution >= 0.6 is 23.2 Å². The predicted octanol–water partition coefficient (Wildman–Crippen LogP) is 4.58. The molecule has 0 aromatic heterocycles. The Labute approximate surface area is 126 Å². The number of aromatic carboxylic acids is 1. The molecule has 0 spiro atoms. The van der Waals surface area contributed by atoms with Crippen LogP contribution < -0.4 is 4.74 Å². The summed E-state index contributed by atoms with van der Waals surface area (Å²) in [6.45, 7) is 1.95. The Morgan fingerprint density at radius 3 is 2.70 bits per heavy atom. The molecule has 1 N–H and O–H groups in total.